The Bertz CT molecular complexity index is 748. The van der Waals surface area contributed by atoms with Crippen molar-refractivity contribution in [2.24, 2.45) is 0 Å². The lowest BCUT2D eigenvalue weighted by atomic mass is 10.3. The van der Waals surface area contributed by atoms with Crippen molar-refractivity contribution < 1.29 is 17.6 Å². The zero-order chi connectivity index (χ0) is 16.4. The molecule has 0 aliphatic heterocycles. The topological polar surface area (TPSA) is 0 Å². The van der Waals surface area contributed by atoms with Crippen LogP contribution in [0, 0.1) is 23.3 Å². The standard InChI is InChI=1S/C18H11F4S/c19-12-1-5-16(6-2-12)23(17-7-3-13(20)4-8-17)18-10-14(21)9-15(22)11-18/h1-11H/q+1. The van der Waals surface area contributed by atoms with E-state index in [0.29, 0.717) is 14.7 Å². The van der Waals surface area contributed by atoms with Crippen molar-refractivity contribution >= 4 is 10.9 Å². The molecule has 0 unspecified atom stereocenters. The van der Waals surface area contributed by atoms with E-state index in [0.717, 1.165) is 6.07 Å². The van der Waals surface area contributed by atoms with Crippen molar-refractivity contribution in [1.29, 1.82) is 0 Å². The molecule has 3 aromatic carbocycles. The van der Waals surface area contributed by atoms with Gasteiger partial charge in [-0.1, -0.05) is 0 Å². The summed E-state index contributed by atoms with van der Waals surface area (Å²) in [6.45, 7) is 0. The number of rotatable bonds is 3. The molecule has 0 aromatic heterocycles. The van der Waals surface area contributed by atoms with Gasteiger partial charge in [0.15, 0.2) is 14.7 Å². The Hall–Kier alpha value is -2.27. The maximum absolute atomic E-state index is 13.6. The minimum Gasteiger partial charge on any atom is -0.207 e. The Balaban J connectivity index is 2.16. The lowest BCUT2D eigenvalue weighted by molar-refractivity contribution is 0.577. The van der Waals surface area contributed by atoms with Crippen molar-refractivity contribution in [3.8, 4) is 0 Å². The molecule has 0 radical (unpaired) electrons. The zero-order valence-electron chi connectivity index (χ0n) is 11.8. The van der Waals surface area contributed by atoms with Gasteiger partial charge in [-0.2, -0.15) is 0 Å². The summed E-state index contributed by atoms with van der Waals surface area (Å²) in [5.41, 5.74) is 0. The maximum atomic E-state index is 13.6. The highest BCUT2D eigenvalue weighted by atomic mass is 32.2. The van der Waals surface area contributed by atoms with Crippen molar-refractivity contribution in [3.63, 3.8) is 0 Å². The predicted octanol–water partition coefficient (Wildman–Crippen LogP) is 5.34. The van der Waals surface area contributed by atoms with Crippen molar-refractivity contribution in [1.82, 2.24) is 0 Å². The van der Waals surface area contributed by atoms with Gasteiger partial charge in [-0.15, -0.1) is 0 Å². The minimum atomic E-state index is -0.865. The van der Waals surface area contributed by atoms with Gasteiger partial charge in [-0.25, -0.2) is 17.6 Å². The van der Waals surface area contributed by atoms with Gasteiger partial charge < -0.3 is 0 Å². The Morgan fingerprint density at radius 2 is 0.826 bits per heavy atom. The molecule has 0 amide bonds. The fraction of sp³-hybridized carbons (Fsp3) is 0. The molecule has 0 saturated heterocycles. The fourth-order valence-electron chi connectivity index (χ4n) is 2.20. The Morgan fingerprint density at radius 1 is 0.435 bits per heavy atom. The third-order valence-electron chi connectivity index (χ3n) is 3.17. The summed E-state index contributed by atoms with van der Waals surface area (Å²) in [5, 5.41) is 0. The van der Waals surface area contributed by atoms with Crippen LogP contribution in [0.5, 0.6) is 0 Å². The molecule has 3 rings (SSSR count). The first-order valence-electron chi connectivity index (χ1n) is 6.74. The van der Waals surface area contributed by atoms with Crippen LogP contribution in [0.15, 0.2) is 81.4 Å². The van der Waals surface area contributed by atoms with Crippen LogP contribution in [-0.2, 0) is 10.9 Å². The third kappa shape index (κ3) is 3.56. The molecule has 5 heteroatoms. The predicted molar refractivity (Wildman–Crippen MR) is 81.3 cm³/mol. The molecule has 23 heavy (non-hydrogen) atoms. The van der Waals surface area contributed by atoms with Gasteiger partial charge >= 0.3 is 0 Å². The summed E-state index contributed by atoms with van der Waals surface area (Å²) < 4.78 is 53.5. The second-order valence-electron chi connectivity index (χ2n) is 4.82. The summed E-state index contributed by atoms with van der Waals surface area (Å²) >= 11 is 0. The van der Waals surface area contributed by atoms with Gasteiger partial charge in [-0.05, 0) is 48.5 Å². The molecule has 3 aromatic rings. The second kappa shape index (κ2) is 6.46. The molecule has 0 nitrogen and oxygen atoms in total. The first-order chi connectivity index (χ1) is 11.0. The number of halogens is 4. The van der Waals surface area contributed by atoms with E-state index in [-0.39, 0.29) is 0 Å². The van der Waals surface area contributed by atoms with Crippen LogP contribution in [0.2, 0.25) is 0 Å². The molecule has 0 saturated carbocycles. The molecule has 0 spiro atoms. The average molecular weight is 335 g/mol. The second-order valence-corrected chi connectivity index (χ2v) is 6.85. The largest absolute Gasteiger partial charge is 0.207 e. The Labute approximate surface area is 133 Å². The number of hydrogen-bond donors (Lipinski definition) is 0. The molecule has 0 aliphatic rings. The van der Waals surface area contributed by atoms with Crippen LogP contribution in [0.1, 0.15) is 0 Å². The molecular formula is C18H11F4S+. The van der Waals surface area contributed by atoms with E-state index in [1.54, 1.807) is 24.3 Å². The van der Waals surface area contributed by atoms with E-state index >= 15 is 0 Å². The van der Waals surface area contributed by atoms with E-state index in [9.17, 15) is 17.6 Å². The molecule has 0 bridgehead atoms. The van der Waals surface area contributed by atoms with Gasteiger partial charge in [0, 0.05) is 18.2 Å². The number of benzene rings is 3. The normalized spacial score (nSPS) is 11.0. The van der Waals surface area contributed by atoms with E-state index < -0.39 is 34.2 Å². The Kier molecular flexibility index (Phi) is 4.39. The zero-order valence-corrected chi connectivity index (χ0v) is 12.6. The van der Waals surface area contributed by atoms with Gasteiger partial charge in [-0.3, -0.25) is 0 Å². The molecule has 0 aliphatic carbocycles. The van der Waals surface area contributed by atoms with E-state index in [1.165, 1.54) is 36.4 Å². The summed E-state index contributed by atoms with van der Waals surface area (Å²) in [5.74, 6) is -2.19. The van der Waals surface area contributed by atoms with Crippen LogP contribution in [0.3, 0.4) is 0 Å². The van der Waals surface area contributed by atoms with Crippen LogP contribution >= 0.6 is 0 Å². The van der Waals surface area contributed by atoms with E-state index in [2.05, 4.69) is 0 Å². The highest BCUT2D eigenvalue weighted by molar-refractivity contribution is 7.97. The summed E-state index contributed by atoms with van der Waals surface area (Å²) in [4.78, 5) is 1.77. The molecule has 0 atom stereocenters. The highest BCUT2D eigenvalue weighted by Crippen LogP contribution is 2.32. The lowest BCUT2D eigenvalue weighted by Crippen LogP contribution is -2.06. The smallest absolute Gasteiger partial charge is 0.172 e. The van der Waals surface area contributed by atoms with E-state index in [4.69, 9.17) is 0 Å². The lowest BCUT2D eigenvalue weighted by Gasteiger charge is -2.08. The van der Waals surface area contributed by atoms with Crippen molar-refractivity contribution in [2.45, 2.75) is 14.7 Å². The SMILES string of the molecule is Fc1ccc([S+](c2ccc(F)cc2)c2cc(F)cc(F)c2)cc1. The third-order valence-corrected chi connectivity index (χ3v) is 5.36. The van der Waals surface area contributed by atoms with Gasteiger partial charge in [0.2, 0.25) is 0 Å². The van der Waals surface area contributed by atoms with Gasteiger partial charge in [0.25, 0.3) is 0 Å². The number of hydrogen-bond acceptors (Lipinski definition) is 0. The summed E-state index contributed by atoms with van der Waals surface area (Å²) in [7, 11) is -0.865. The summed E-state index contributed by atoms with van der Waals surface area (Å²) in [6, 6.07) is 14.6. The molecular weight excluding hydrogens is 324 g/mol. The van der Waals surface area contributed by atoms with Crippen LogP contribution in [0.4, 0.5) is 17.6 Å². The maximum Gasteiger partial charge on any atom is 0.172 e. The fourth-order valence-corrected chi connectivity index (χ4v) is 4.29. The van der Waals surface area contributed by atoms with E-state index in [1.807, 2.05) is 0 Å². The van der Waals surface area contributed by atoms with Crippen molar-refractivity contribution in [2.75, 3.05) is 0 Å². The first kappa shape index (κ1) is 15.6. The first-order valence-corrected chi connectivity index (χ1v) is 7.97. The highest BCUT2D eigenvalue weighted by Gasteiger charge is 2.30. The van der Waals surface area contributed by atoms with Gasteiger partial charge in [0.1, 0.15) is 23.3 Å². The van der Waals surface area contributed by atoms with Crippen LogP contribution in [-0.4, -0.2) is 0 Å². The van der Waals surface area contributed by atoms with Crippen LogP contribution in [0.25, 0.3) is 0 Å². The molecule has 116 valence electrons. The average Bonchev–Trinajstić information content (AvgIpc) is 2.50. The quantitative estimate of drug-likeness (QED) is 0.448. The van der Waals surface area contributed by atoms with Gasteiger partial charge in [0.05, 0.1) is 10.9 Å². The van der Waals surface area contributed by atoms with Crippen LogP contribution < -0.4 is 0 Å². The summed E-state index contributed by atoms with van der Waals surface area (Å²) in [6.07, 6.45) is 0. The molecule has 0 heterocycles. The minimum absolute atomic E-state index is 0.401. The molecule has 0 N–H and O–H groups in total. The monoisotopic (exact) mass is 335 g/mol. The Morgan fingerprint density at radius 3 is 1.22 bits per heavy atom. The molecule has 0 fully saturated rings. The van der Waals surface area contributed by atoms with Crippen molar-refractivity contribution in [3.05, 3.63) is 90.0 Å².